The van der Waals surface area contributed by atoms with E-state index in [1.54, 1.807) is 11.1 Å². The number of aromatic nitrogens is 1. The smallest absolute Gasteiger partial charge is 0.266 e. The van der Waals surface area contributed by atoms with Crippen molar-refractivity contribution in [2.75, 3.05) is 18.8 Å². The Balaban J connectivity index is 1.81. The molecule has 6 nitrogen and oxygen atoms in total. The number of pyridine rings is 1. The molecule has 3 N–H and O–H groups in total. The monoisotopic (exact) mass is 304 g/mol. The first-order valence-corrected chi connectivity index (χ1v) is 7.57. The van der Waals surface area contributed by atoms with Gasteiger partial charge in [-0.25, -0.2) is 4.98 Å². The van der Waals surface area contributed by atoms with Crippen LogP contribution in [0.3, 0.4) is 0 Å². The molecule has 1 saturated heterocycles. The third-order valence-corrected chi connectivity index (χ3v) is 4.70. The standard InChI is InChI=1S/C14H16N4O2S/c1-8(19)17-9-4-6-18(7-9)14(20)12-11(15)10-3-2-5-16-13(10)21-12/h2-3,5,9H,4,6-7,15H2,1H3,(H,17,19). The lowest BCUT2D eigenvalue weighted by Crippen LogP contribution is -2.37. The van der Waals surface area contributed by atoms with Crippen molar-refractivity contribution in [2.45, 2.75) is 19.4 Å². The molecule has 3 rings (SSSR count). The van der Waals surface area contributed by atoms with Crippen molar-refractivity contribution in [3.8, 4) is 0 Å². The number of amides is 2. The first-order valence-electron chi connectivity index (χ1n) is 6.75. The molecule has 2 aromatic heterocycles. The maximum Gasteiger partial charge on any atom is 0.266 e. The number of carbonyl (C=O) groups excluding carboxylic acids is 2. The molecule has 1 unspecified atom stereocenters. The number of thiophene rings is 1. The maximum atomic E-state index is 12.6. The van der Waals surface area contributed by atoms with Crippen molar-refractivity contribution in [2.24, 2.45) is 0 Å². The van der Waals surface area contributed by atoms with E-state index in [0.29, 0.717) is 23.7 Å². The van der Waals surface area contributed by atoms with Crippen LogP contribution in [0.5, 0.6) is 0 Å². The molecule has 21 heavy (non-hydrogen) atoms. The van der Waals surface area contributed by atoms with Crippen LogP contribution >= 0.6 is 11.3 Å². The van der Waals surface area contributed by atoms with Gasteiger partial charge >= 0.3 is 0 Å². The van der Waals surface area contributed by atoms with Crippen molar-refractivity contribution in [1.82, 2.24) is 15.2 Å². The fourth-order valence-corrected chi connectivity index (χ4v) is 3.63. The van der Waals surface area contributed by atoms with Gasteiger partial charge in [0, 0.05) is 37.6 Å². The Labute approximate surface area is 125 Å². The van der Waals surface area contributed by atoms with Crippen LogP contribution < -0.4 is 11.1 Å². The summed E-state index contributed by atoms with van der Waals surface area (Å²) in [6, 6.07) is 3.71. The molecule has 3 heterocycles. The van der Waals surface area contributed by atoms with Crippen LogP contribution in [-0.2, 0) is 4.79 Å². The van der Waals surface area contributed by atoms with Crippen LogP contribution in [0.2, 0.25) is 0 Å². The van der Waals surface area contributed by atoms with Gasteiger partial charge in [0.05, 0.1) is 5.69 Å². The molecule has 0 spiro atoms. The number of nitrogens with zero attached hydrogens (tertiary/aromatic N) is 2. The molecule has 7 heteroatoms. The number of hydrogen-bond acceptors (Lipinski definition) is 5. The molecular weight excluding hydrogens is 288 g/mol. The second-order valence-electron chi connectivity index (χ2n) is 5.14. The number of nitrogens with two attached hydrogens (primary N) is 1. The molecule has 0 aromatic carbocycles. The summed E-state index contributed by atoms with van der Waals surface area (Å²) in [6.07, 6.45) is 2.46. The van der Waals surface area contributed by atoms with Gasteiger partial charge in [0.2, 0.25) is 5.91 Å². The van der Waals surface area contributed by atoms with Gasteiger partial charge in [0.15, 0.2) is 0 Å². The van der Waals surface area contributed by atoms with Gasteiger partial charge in [-0.15, -0.1) is 11.3 Å². The lowest BCUT2D eigenvalue weighted by molar-refractivity contribution is -0.119. The third-order valence-electron chi connectivity index (χ3n) is 3.58. The SMILES string of the molecule is CC(=O)NC1CCN(C(=O)c2sc3ncccc3c2N)C1. The van der Waals surface area contributed by atoms with Crippen LogP contribution in [0.25, 0.3) is 10.2 Å². The predicted molar refractivity (Wildman–Crippen MR) is 82.2 cm³/mol. The number of nitrogen functional groups attached to an aromatic ring is 1. The molecule has 110 valence electrons. The van der Waals surface area contributed by atoms with Crippen molar-refractivity contribution >= 4 is 39.1 Å². The summed E-state index contributed by atoms with van der Waals surface area (Å²) < 4.78 is 0. The summed E-state index contributed by atoms with van der Waals surface area (Å²) in [5.74, 6) is -0.150. The summed E-state index contributed by atoms with van der Waals surface area (Å²) >= 11 is 1.32. The molecular formula is C14H16N4O2S. The molecule has 1 fully saturated rings. The minimum atomic E-state index is -0.0802. The van der Waals surface area contributed by atoms with Crippen molar-refractivity contribution in [3.05, 3.63) is 23.2 Å². The van der Waals surface area contributed by atoms with Gasteiger partial charge in [0.25, 0.3) is 5.91 Å². The Morgan fingerprint density at radius 3 is 3.05 bits per heavy atom. The summed E-state index contributed by atoms with van der Waals surface area (Å²) in [4.78, 5) is 30.9. The number of likely N-dealkylation sites (tertiary alicyclic amines) is 1. The lowest BCUT2D eigenvalue weighted by atomic mass is 10.2. The molecule has 0 saturated carbocycles. The van der Waals surface area contributed by atoms with E-state index in [0.717, 1.165) is 16.6 Å². The normalized spacial score (nSPS) is 18.1. The Kier molecular flexibility index (Phi) is 3.50. The van der Waals surface area contributed by atoms with Crippen LogP contribution in [0.1, 0.15) is 23.0 Å². The number of anilines is 1. The number of fused-ring (bicyclic) bond motifs is 1. The van der Waals surface area contributed by atoms with E-state index < -0.39 is 0 Å². The molecule has 0 bridgehead atoms. The van der Waals surface area contributed by atoms with E-state index in [9.17, 15) is 9.59 Å². The second-order valence-corrected chi connectivity index (χ2v) is 6.14. The van der Waals surface area contributed by atoms with Gasteiger partial charge in [-0.3, -0.25) is 9.59 Å². The average Bonchev–Trinajstić information content (AvgIpc) is 3.03. The lowest BCUT2D eigenvalue weighted by Gasteiger charge is -2.16. The fourth-order valence-electron chi connectivity index (χ4n) is 2.60. The maximum absolute atomic E-state index is 12.6. The first kappa shape index (κ1) is 13.8. The largest absolute Gasteiger partial charge is 0.397 e. The predicted octanol–water partition coefficient (Wildman–Crippen LogP) is 1.23. The number of carbonyl (C=O) groups is 2. The topological polar surface area (TPSA) is 88.3 Å². The molecule has 0 radical (unpaired) electrons. The van der Waals surface area contributed by atoms with E-state index in [-0.39, 0.29) is 17.9 Å². The van der Waals surface area contributed by atoms with Gasteiger partial charge in [-0.05, 0) is 18.6 Å². The number of nitrogens with one attached hydrogen (secondary N) is 1. The van der Waals surface area contributed by atoms with Gasteiger partial charge in [-0.1, -0.05) is 0 Å². The van der Waals surface area contributed by atoms with Crippen LogP contribution in [-0.4, -0.2) is 40.8 Å². The van der Waals surface area contributed by atoms with Crippen LogP contribution in [0.15, 0.2) is 18.3 Å². The van der Waals surface area contributed by atoms with Crippen molar-refractivity contribution < 1.29 is 9.59 Å². The van der Waals surface area contributed by atoms with E-state index >= 15 is 0 Å². The third kappa shape index (κ3) is 2.56. The molecule has 1 aliphatic rings. The highest BCUT2D eigenvalue weighted by molar-refractivity contribution is 7.21. The Morgan fingerprint density at radius 1 is 1.52 bits per heavy atom. The molecule has 2 aromatic rings. The zero-order valence-electron chi connectivity index (χ0n) is 11.6. The fraction of sp³-hybridized carbons (Fsp3) is 0.357. The first-order chi connectivity index (χ1) is 10.1. The van der Waals surface area contributed by atoms with Crippen LogP contribution in [0.4, 0.5) is 5.69 Å². The highest BCUT2D eigenvalue weighted by Gasteiger charge is 2.29. The summed E-state index contributed by atoms with van der Waals surface area (Å²) in [5, 5.41) is 3.67. The Morgan fingerprint density at radius 2 is 2.33 bits per heavy atom. The molecule has 1 aliphatic heterocycles. The van der Waals surface area contributed by atoms with Crippen LogP contribution in [0, 0.1) is 0 Å². The summed E-state index contributed by atoms with van der Waals surface area (Å²) in [7, 11) is 0. The minimum Gasteiger partial charge on any atom is -0.397 e. The molecule has 2 amide bonds. The van der Waals surface area contributed by atoms with E-state index in [1.165, 1.54) is 18.3 Å². The molecule has 1 atom stereocenters. The van der Waals surface area contributed by atoms with E-state index in [4.69, 9.17) is 5.73 Å². The summed E-state index contributed by atoms with van der Waals surface area (Å²) in [5.41, 5.74) is 6.57. The number of hydrogen-bond donors (Lipinski definition) is 2. The van der Waals surface area contributed by atoms with Crippen molar-refractivity contribution in [1.29, 1.82) is 0 Å². The second kappa shape index (κ2) is 5.33. The van der Waals surface area contributed by atoms with E-state index in [2.05, 4.69) is 10.3 Å². The Hall–Kier alpha value is -2.15. The number of rotatable bonds is 2. The van der Waals surface area contributed by atoms with E-state index in [1.807, 2.05) is 12.1 Å². The average molecular weight is 304 g/mol. The van der Waals surface area contributed by atoms with Gasteiger partial charge in [-0.2, -0.15) is 0 Å². The molecule has 0 aliphatic carbocycles. The quantitative estimate of drug-likeness (QED) is 0.873. The van der Waals surface area contributed by atoms with Gasteiger partial charge < -0.3 is 16.0 Å². The van der Waals surface area contributed by atoms with Gasteiger partial charge in [0.1, 0.15) is 9.71 Å². The zero-order valence-corrected chi connectivity index (χ0v) is 12.4. The zero-order chi connectivity index (χ0) is 15.0. The summed E-state index contributed by atoms with van der Waals surface area (Å²) in [6.45, 7) is 2.64. The minimum absolute atomic E-state index is 0.0279. The Bertz CT molecular complexity index is 712. The highest BCUT2D eigenvalue weighted by atomic mass is 32.1. The highest BCUT2D eigenvalue weighted by Crippen LogP contribution is 2.33. The van der Waals surface area contributed by atoms with Crippen molar-refractivity contribution in [3.63, 3.8) is 0 Å².